The minimum atomic E-state index is -0.511. The molecule has 1 aromatic carbocycles. The van der Waals surface area contributed by atoms with Crippen molar-refractivity contribution < 1.29 is 14.3 Å². The Bertz CT molecular complexity index is 1000. The number of nitrogens with zero attached hydrogens (tertiary/aromatic N) is 4. The van der Waals surface area contributed by atoms with Crippen molar-refractivity contribution in [3.63, 3.8) is 0 Å². The molecule has 9 heteroatoms. The van der Waals surface area contributed by atoms with Gasteiger partial charge in [-0.25, -0.2) is 9.48 Å². The SMILES string of the molecule is O=C(CN1CCC[C@]2(CC1)CN(c1ccc(Cl)cc1)C(=O)O2)Nc1ccnn1C1CCCC1. The summed E-state index contributed by atoms with van der Waals surface area (Å²) < 4.78 is 7.86. The van der Waals surface area contributed by atoms with Gasteiger partial charge in [-0.1, -0.05) is 24.4 Å². The van der Waals surface area contributed by atoms with E-state index in [-0.39, 0.29) is 12.0 Å². The minimum Gasteiger partial charge on any atom is -0.441 e. The van der Waals surface area contributed by atoms with Gasteiger partial charge < -0.3 is 10.1 Å². The highest BCUT2D eigenvalue weighted by molar-refractivity contribution is 6.30. The van der Waals surface area contributed by atoms with E-state index >= 15 is 0 Å². The summed E-state index contributed by atoms with van der Waals surface area (Å²) in [4.78, 5) is 29.2. The lowest BCUT2D eigenvalue weighted by Crippen LogP contribution is -2.38. The number of hydrogen-bond acceptors (Lipinski definition) is 5. The molecule has 1 N–H and O–H groups in total. The first-order valence-electron chi connectivity index (χ1n) is 11.8. The molecule has 1 saturated carbocycles. The zero-order chi connectivity index (χ0) is 22.8. The molecule has 8 nitrogen and oxygen atoms in total. The van der Waals surface area contributed by atoms with Crippen LogP contribution in [0.4, 0.5) is 16.3 Å². The van der Waals surface area contributed by atoms with Crippen LogP contribution in [0.5, 0.6) is 0 Å². The van der Waals surface area contributed by atoms with E-state index in [1.54, 1.807) is 23.2 Å². The Kier molecular flexibility index (Phi) is 6.29. The molecule has 0 radical (unpaired) electrons. The van der Waals surface area contributed by atoms with Gasteiger partial charge in [0.05, 0.1) is 25.3 Å². The Labute approximate surface area is 198 Å². The van der Waals surface area contributed by atoms with Crippen LogP contribution < -0.4 is 10.2 Å². The second kappa shape index (κ2) is 9.35. The van der Waals surface area contributed by atoms with Gasteiger partial charge in [0, 0.05) is 29.7 Å². The molecular formula is C24H30ClN5O3. The fraction of sp³-hybridized carbons (Fsp3) is 0.542. The van der Waals surface area contributed by atoms with Crippen LogP contribution in [0.15, 0.2) is 36.5 Å². The third kappa shape index (κ3) is 4.87. The highest BCUT2D eigenvalue weighted by Crippen LogP contribution is 2.36. The van der Waals surface area contributed by atoms with Crippen LogP contribution in [-0.4, -0.2) is 58.5 Å². The molecule has 3 heterocycles. The van der Waals surface area contributed by atoms with Crippen molar-refractivity contribution in [2.75, 3.05) is 36.4 Å². The van der Waals surface area contributed by atoms with E-state index in [2.05, 4.69) is 15.3 Å². The van der Waals surface area contributed by atoms with E-state index in [0.717, 1.165) is 43.7 Å². The lowest BCUT2D eigenvalue weighted by molar-refractivity contribution is -0.117. The Morgan fingerprint density at radius 1 is 1.12 bits per heavy atom. The highest BCUT2D eigenvalue weighted by atomic mass is 35.5. The summed E-state index contributed by atoms with van der Waals surface area (Å²) in [5.41, 5.74) is 0.281. The van der Waals surface area contributed by atoms with Crippen molar-refractivity contribution in [1.29, 1.82) is 0 Å². The zero-order valence-corrected chi connectivity index (χ0v) is 19.5. The Morgan fingerprint density at radius 3 is 2.70 bits per heavy atom. The highest BCUT2D eigenvalue weighted by Gasteiger charge is 2.46. The van der Waals surface area contributed by atoms with Crippen LogP contribution in [0.3, 0.4) is 0 Å². The van der Waals surface area contributed by atoms with Crippen molar-refractivity contribution >= 4 is 35.1 Å². The smallest absolute Gasteiger partial charge is 0.415 e. The molecule has 5 rings (SSSR count). The molecule has 3 fully saturated rings. The van der Waals surface area contributed by atoms with Crippen LogP contribution in [0.2, 0.25) is 5.02 Å². The number of aromatic nitrogens is 2. The van der Waals surface area contributed by atoms with E-state index in [1.165, 1.54) is 12.8 Å². The summed E-state index contributed by atoms with van der Waals surface area (Å²) in [6, 6.07) is 9.49. The number of ether oxygens (including phenoxy) is 1. The number of amides is 2. The molecular weight excluding hydrogens is 442 g/mol. The predicted octanol–water partition coefficient (Wildman–Crippen LogP) is 4.47. The Morgan fingerprint density at radius 2 is 1.91 bits per heavy atom. The average molecular weight is 472 g/mol. The van der Waals surface area contributed by atoms with Crippen LogP contribution in [-0.2, 0) is 9.53 Å². The number of likely N-dealkylation sites (tertiary alicyclic amines) is 1. The monoisotopic (exact) mass is 471 g/mol. The molecule has 2 amide bonds. The maximum Gasteiger partial charge on any atom is 0.415 e. The van der Waals surface area contributed by atoms with Crippen LogP contribution in [0.1, 0.15) is 51.0 Å². The first kappa shape index (κ1) is 22.2. The number of nitrogens with one attached hydrogen (secondary N) is 1. The summed E-state index contributed by atoms with van der Waals surface area (Å²) in [5.74, 6) is 0.749. The maximum absolute atomic E-state index is 12.8. The molecule has 2 aliphatic heterocycles. The molecule has 2 saturated heterocycles. The topological polar surface area (TPSA) is 79.7 Å². The number of hydrogen-bond donors (Lipinski definition) is 1. The average Bonchev–Trinajstić information content (AvgIpc) is 3.51. The van der Waals surface area contributed by atoms with E-state index in [1.807, 2.05) is 22.9 Å². The summed E-state index contributed by atoms with van der Waals surface area (Å²) in [6.07, 6.45) is 8.46. The zero-order valence-electron chi connectivity index (χ0n) is 18.7. The molecule has 3 aliphatic rings. The van der Waals surface area contributed by atoms with Gasteiger partial charge in [0.15, 0.2) is 0 Å². The normalized spacial score (nSPS) is 24.3. The van der Waals surface area contributed by atoms with Crippen molar-refractivity contribution in [3.05, 3.63) is 41.6 Å². The first-order valence-corrected chi connectivity index (χ1v) is 12.2. The van der Waals surface area contributed by atoms with Crippen molar-refractivity contribution in [3.8, 4) is 0 Å². The second-order valence-electron chi connectivity index (χ2n) is 9.39. The number of anilines is 2. The molecule has 1 spiro atoms. The molecule has 1 aromatic heterocycles. The molecule has 0 bridgehead atoms. The fourth-order valence-electron chi connectivity index (χ4n) is 5.32. The van der Waals surface area contributed by atoms with E-state index in [0.29, 0.717) is 37.1 Å². The van der Waals surface area contributed by atoms with Gasteiger partial charge in [-0.05, 0) is 56.5 Å². The predicted molar refractivity (Wildman–Crippen MR) is 127 cm³/mol. The molecule has 2 aromatic rings. The summed E-state index contributed by atoms with van der Waals surface area (Å²) in [6.45, 7) is 2.35. The van der Waals surface area contributed by atoms with E-state index < -0.39 is 5.60 Å². The summed E-state index contributed by atoms with van der Waals surface area (Å²) in [7, 11) is 0. The van der Waals surface area contributed by atoms with Crippen LogP contribution in [0, 0.1) is 0 Å². The molecule has 1 atom stereocenters. The van der Waals surface area contributed by atoms with Gasteiger partial charge in [0.25, 0.3) is 0 Å². The standard InChI is InChI=1S/C24H30ClN5O3/c25-18-6-8-19(9-7-18)29-17-24(33-23(29)32)11-3-14-28(15-12-24)16-22(31)27-21-10-13-26-30(21)20-4-1-2-5-20/h6-10,13,20H,1-5,11-12,14-17H2,(H,27,31)/t24-/m0/s1. The number of halogens is 1. The Balaban J connectivity index is 1.17. The lowest BCUT2D eigenvalue weighted by atomic mass is 9.95. The lowest BCUT2D eigenvalue weighted by Gasteiger charge is -2.25. The third-order valence-electron chi connectivity index (χ3n) is 7.07. The van der Waals surface area contributed by atoms with Crippen molar-refractivity contribution in [1.82, 2.24) is 14.7 Å². The van der Waals surface area contributed by atoms with E-state index in [4.69, 9.17) is 16.3 Å². The van der Waals surface area contributed by atoms with Gasteiger partial charge in [0.1, 0.15) is 11.4 Å². The van der Waals surface area contributed by atoms with Gasteiger partial charge in [-0.15, -0.1) is 0 Å². The van der Waals surface area contributed by atoms with Crippen molar-refractivity contribution in [2.45, 2.75) is 56.6 Å². The first-order chi connectivity index (χ1) is 16.0. The second-order valence-corrected chi connectivity index (χ2v) is 9.83. The molecule has 33 heavy (non-hydrogen) atoms. The van der Waals surface area contributed by atoms with Crippen LogP contribution in [0.25, 0.3) is 0 Å². The minimum absolute atomic E-state index is 0.0306. The van der Waals surface area contributed by atoms with Crippen molar-refractivity contribution in [2.24, 2.45) is 0 Å². The number of benzene rings is 1. The number of rotatable bonds is 5. The van der Waals surface area contributed by atoms with Gasteiger partial charge in [-0.3, -0.25) is 14.6 Å². The molecule has 1 aliphatic carbocycles. The summed E-state index contributed by atoms with van der Waals surface area (Å²) >= 11 is 5.98. The third-order valence-corrected chi connectivity index (χ3v) is 7.33. The quantitative estimate of drug-likeness (QED) is 0.695. The largest absolute Gasteiger partial charge is 0.441 e. The maximum atomic E-state index is 12.8. The van der Waals surface area contributed by atoms with Crippen LogP contribution >= 0.6 is 11.6 Å². The fourth-order valence-corrected chi connectivity index (χ4v) is 5.45. The summed E-state index contributed by atoms with van der Waals surface area (Å²) in [5, 5.41) is 8.12. The van der Waals surface area contributed by atoms with Gasteiger partial charge in [-0.2, -0.15) is 5.10 Å². The number of carbonyl (C=O) groups is 2. The Hall–Kier alpha value is -2.58. The van der Waals surface area contributed by atoms with Gasteiger partial charge >= 0.3 is 6.09 Å². The van der Waals surface area contributed by atoms with Gasteiger partial charge in [0.2, 0.25) is 5.91 Å². The number of carbonyl (C=O) groups excluding carboxylic acids is 2. The van der Waals surface area contributed by atoms with E-state index in [9.17, 15) is 9.59 Å². The molecule has 0 unspecified atom stereocenters. The molecule has 176 valence electrons.